The second-order valence-corrected chi connectivity index (χ2v) is 3.80. The summed E-state index contributed by atoms with van der Waals surface area (Å²) in [5, 5.41) is 4.32. The van der Waals surface area contributed by atoms with Crippen molar-refractivity contribution in [2.45, 2.75) is 20.8 Å². The highest BCUT2D eigenvalue weighted by Gasteiger charge is 2.05. The number of Topliss-reactive ketones (excluding diaryl/α,β-unsaturated/α-hetero) is 1. The van der Waals surface area contributed by atoms with Gasteiger partial charge in [-0.25, -0.2) is 9.67 Å². The lowest BCUT2D eigenvalue weighted by molar-refractivity contribution is 0.101. The van der Waals surface area contributed by atoms with Crippen LogP contribution >= 0.6 is 0 Å². The largest absolute Gasteiger partial charge is 0.294 e. The van der Waals surface area contributed by atoms with Crippen LogP contribution in [-0.4, -0.2) is 20.5 Å². The Morgan fingerprint density at radius 1 is 1.31 bits per heavy atom. The summed E-state index contributed by atoms with van der Waals surface area (Å²) in [7, 11) is 0. The maximum absolute atomic E-state index is 11.1. The summed E-state index contributed by atoms with van der Waals surface area (Å²) in [6.07, 6.45) is 1.58. The Kier molecular flexibility index (Phi) is 2.56. The minimum absolute atomic E-state index is 0.0208. The lowest BCUT2D eigenvalue weighted by Gasteiger charge is -2.03. The Balaban J connectivity index is 2.42. The van der Waals surface area contributed by atoms with E-state index in [2.05, 4.69) is 10.1 Å². The quantitative estimate of drug-likeness (QED) is 0.721. The third-order valence-corrected chi connectivity index (χ3v) is 2.38. The first-order valence-corrected chi connectivity index (χ1v) is 5.08. The fourth-order valence-corrected chi connectivity index (χ4v) is 1.58. The van der Waals surface area contributed by atoms with E-state index in [4.69, 9.17) is 0 Å². The van der Waals surface area contributed by atoms with Gasteiger partial charge < -0.3 is 0 Å². The number of ketones is 1. The molecular formula is C12H13N3O. The van der Waals surface area contributed by atoms with Gasteiger partial charge in [-0.05, 0) is 39.0 Å². The molecule has 0 saturated heterocycles. The molecule has 0 aliphatic carbocycles. The van der Waals surface area contributed by atoms with Gasteiger partial charge >= 0.3 is 0 Å². The van der Waals surface area contributed by atoms with E-state index in [1.54, 1.807) is 23.0 Å². The normalized spacial score (nSPS) is 10.4. The van der Waals surface area contributed by atoms with Crippen LogP contribution in [0.5, 0.6) is 0 Å². The molecule has 0 atom stereocenters. The van der Waals surface area contributed by atoms with E-state index in [1.165, 1.54) is 6.92 Å². The van der Waals surface area contributed by atoms with E-state index in [0.29, 0.717) is 5.56 Å². The maximum Gasteiger partial charge on any atom is 0.161 e. The summed E-state index contributed by atoms with van der Waals surface area (Å²) in [5.41, 5.74) is 2.60. The molecule has 16 heavy (non-hydrogen) atoms. The summed E-state index contributed by atoms with van der Waals surface area (Å²) in [5.74, 6) is 0.753. The third-order valence-electron chi connectivity index (χ3n) is 2.38. The van der Waals surface area contributed by atoms with Crippen LogP contribution in [0.15, 0.2) is 24.4 Å². The number of pyridine rings is 1. The first-order chi connectivity index (χ1) is 7.58. The number of hydrogen-bond donors (Lipinski definition) is 0. The molecule has 82 valence electrons. The fraction of sp³-hybridized carbons (Fsp3) is 0.250. The lowest BCUT2D eigenvalue weighted by Crippen LogP contribution is -2.03. The Morgan fingerprint density at radius 2 is 2.06 bits per heavy atom. The average Bonchev–Trinajstić information content (AvgIpc) is 2.58. The molecule has 0 aliphatic heterocycles. The van der Waals surface area contributed by atoms with Crippen molar-refractivity contribution >= 4 is 5.78 Å². The van der Waals surface area contributed by atoms with E-state index >= 15 is 0 Å². The van der Waals surface area contributed by atoms with Crippen molar-refractivity contribution in [3.63, 3.8) is 0 Å². The second kappa shape index (κ2) is 3.89. The zero-order valence-corrected chi connectivity index (χ0v) is 9.56. The van der Waals surface area contributed by atoms with E-state index in [-0.39, 0.29) is 5.78 Å². The molecule has 0 bridgehead atoms. The minimum Gasteiger partial charge on any atom is -0.294 e. The van der Waals surface area contributed by atoms with Gasteiger partial charge in [-0.2, -0.15) is 5.10 Å². The molecule has 2 rings (SSSR count). The van der Waals surface area contributed by atoms with Crippen LogP contribution < -0.4 is 0 Å². The van der Waals surface area contributed by atoms with E-state index in [0.717, 1.165) is 17.2 Å². The molecule has 4 heteroatoms. The molecule has 0 spiro atoms. The molecule has 0 amide bonds. The molecule has 0 fully saturated rings. The van der Waals surface area contributed by atoms with Crippen molar-refractivity contribution in [3.05, 3.63) is 41.3 Å². The van der Waals surface area contributed by atoms with E-state index in [1.807, 2.05) is 19.9 Å². The van der Waals surface area contributed by atoms with Gasteiger partial charge in [0.15, 0.2) is 11.6 Å². The highest BCUT2D eigenvalue weighted by atomic mass is 16.1. The van der Waals surface area contributed by atoms with Crippen molar-refractivity contribution in [1.82, 2.24) is 14.8 Å². The third kappa shape index (κ3) is 1.86. The number of aromatic nitrogens is 3. The highest BCUT2D eigenvalue weighted by Crippen LogP contribution is 2.10. The van der Waals surface area contributed by atoms with Crippen LogP contribution in [-0.2, 0) is 0 Å². The second-order valence-electron chi connectivity index (χ2n) is 3.80. The van der Waals surface area contributed by atoms with Crippen molar-refractivity contribution in [2.75, 3.05) is 0 Å². The standard InChI is InChI=1S/C12H13N3O/c1-8-6-9(2)15(14-8)12-5-4-11(7-13-12)10(3)16/h4-7H,1-3H3. The topological polar surface area (TPSA) is 47.8 Å². The van der Waals surface area contributed by atoms with Gasteiger partial charge in [0.2, 0.25) is 0 Å². The molecule has 0 radical (unpaired) electrons. The van der Waals surface area contributed by atoms with Gasteiger partial charge in [0.1, 0.15) is 0 Å². The smallest absolute Gasteiger partial charge is 0.161 e. The van der Waals surface area contributed by atoms with E-state index in [9.17, 15) is 4.79 Å². The fourth-order valence-electron chi connectivity index (χ4n) is 1.58. The van der Waals surface area contributed by atoms with Crippen LogP contribution in [0, 0.1) is 13.8 Å². The molecule has 2 aromatic heterocycles. The molecule has 0 N–H and O–H groups in total. The number of hydrogen-bond acceptors (Lipinski definition) is 3. The van der Waals surface area contributed by atoms with Crippen molar-refractivity contribution in [3.8, 4) is 5.82 Å². The summed E-state index contributed by atoms with van der Waals surface area (Å²) in [6.45, 7) is 5.44. The maximum atomic E-state index is 11.1. The van der Waals surface area contributed by atoms with Crippen LogP contribution in [0.3, 0.4) is 0 Å². The van der Waals surface area contributed by atoms with Crippen LogP contribution in [0.25, 0.3) is 5.82 Å². The molecule has 2 aromatic rings. The average molecular weight is 215 g/mol. The van der Waals surface area contributed by atoms with Gasteiger partial charge in [0, 0.05) is 17.5 Å². The molecule has 2 heterocycles. The SMILES string of the molecule is CC(=O)c1ccc(-n2nc(C)cc2C)nc1. The number of nitrogens with zero attached hydrogens (tertiary/aromatic N) is 3. The van der Waals surface area contributed by atoms with Gasteiger partial charge in [-0.3, -0.25) is 4.79 Å². The lowest BCUT2D eigenvalue weighted by atomic mass is 10.2. The Hall–Kier alpha value is -1.97. The Labute approximate surface area is 93.9 Å². The van der Waals surface area contributed by atoms with Gasteiger partial charge in [0.05, 0.1) is 5.69 Å². The summed E-state index contributed by atoms with van der Waals surface area (Å²) in [6, 6.07) is 5.55. The van der Waals surface area contributed by atoms with Crippen molar-refractivity contribution < 1.29 is 4.79 Å². The number of rotatable bonds is 2. The van der Waals surface area contributed by atoms with Crippen molar-refractivity contribution in [2.24, 2.45) is 0 Å². The first-order valence-electron chi connectivity index (χ1n) is 5.08. The van der Waals surface area contributed by atoms with Crippen LogP contribution in [0.2, 0.25) is 0 Å². The van der Waals surface area contributed by atoms with Crippen LogP contribution in [0.1, 0.15) is 28.7 Å². The number of aryl methyl sites for hydroxylation is 2. The first kappa shape index (κ1) is 10.5. The van der Waals surface area contributed by atoms with Crippen molar-refractivity contribution in [1.29, 1.82) is 0 Å². The molecule has 0 aromatic carbocycles. The monoisotopic (exact) mass is 215 g/mol. The molecule has 0 saturated carbocycles. The van der Waals surface area contributed by atoms with Gasteiger partial charge in [-0.15, -0.1) is 0 Å². The minimum atomic E-state index is 0.0208. The Bertz CT molecular complexity index is 526. The zero-order chi connectivity index (χ0) is 11.7. The zero-order valence-electron chi connectivity index (χ0n) is 9.56. The molecule has 0 aliphatic rings. The summed E-state index contributed by atoms with van der Waals surface area (Å²) < 4.78 is 1.76. The predicted molar refractivity (Wildman–Crippen MR) is 60.8 cm³/mol. The molecule has 0 unspecified atom stereocenters. The van der Waals surface area contributed by atoms with E-state index < -0.39 is 0 Å². The number of carbonyl (C=O) groups excluding carboxylic acids is 1. The predicted octanol–water partition coefficient (Wildman–Crippen LogP) is 2.09. The molecule has 4 nitrogen and oxygen atoms in total. The van der Waals surface area contributed by atoms with Gasteiger partial charge in [-0.1, -0.05) is 0 Å². The van der Waals surface area contributed by atoms with Gasteiger partial charge in [0.25, 0.3) is 0 Å². The summed E-state index contributed by atoms with van der Waals surface area (Å²) >= 11 is 0. The summed E-state index contributed by atoms with van der Waals surface area (Å²) in [4.78, 5) is 15.3. The number of carbonyl (C=O) groups is 1. The Morgan fingerprint density at radius 3 is 2.50 bits per heavy atom. The highest BCUT2D eigenvalue weighted by molar-refractivity contribution is 5.93. The van der Waals surface area contributed by atoms with Crippen LogP contribution in [0.4, 0.5) is 0 Å². The molecular weight excluding hydrogens is 202 g/mol.